The molecule has 43 heavy (non-hydrogen) atoms. The summed E-state index contributed by atoms with van der Waals surface area (Å²) >= 11 is 0. The van der Waals surface area contributed by atoms with Crippen LogP contribution in [0, 0.1) is 45.8 Å². The molecule has 6 rings (SSSR count). The Labute approximate surface area is 252 Å². The van der Waals surface area contributed by atoms with Gasteiger partial charge in [-0.2, -0.15) is 0 Å². The summed E-state index contributed by atoms with van der Waals surface area (Å²) in [6.45, 7) is 7.81. The number of ketones is 1. The molecule has 0 aromatic heterocycles. The number of ether oxygens (including phenoxy) is 4. The topological polar surface area (TPSA) is 125 Å². The van der Waals surface area contributed by atoms with E-state index in [1.54, 1.807) is 37.3 Å². The van der Waals surface area contributed by atoms with E-state index in [9.17, 15) is 24.3 Å². The summed E-state index contributed by atoms with van der Waals surface area (Å²) in [5, 5.41) is 11.2. The van der Waals surface area contributed by atoms with Gasteiger partial charge in [-0.1, -0.05) is 57.0 Å². The number of allylic oxidation sites excluding steroid dienone is 1. The highest BCUT2D eigenvalue weighted by atomic mass is 16.7. The van der Waals surface area contributed by atoms with Crippen LogP contribution in [0.1, 0.15) is 63.7 Å². The van der Waals surface area contributed by atoms with E-state index in [0.717, 1.165) is 24.7 Å². The summed E-state index contributed by atoms with van der Waals surface area (Å²) in [5.74, 6) is -1.90. The number of carbonyl (C=O) groups is 4. The molecule has 1 aromatic rings. The van der Waals surface area contributed by atoms with Crippen LogP contribution < -0.4 is 0 Å². The molecule has 3 saturated carbocycles. The van der Waals surface area contributed by atoms with Crippen molar-refractivity contribution in [1.82, 2.24) is 0 Å². The lowest BCUT2D eigenvalue weighted by Gasteiger charge is -2.58. The summed E-state index contributed by atoms with van der Waals surface area (Å²) in [6.07, 6.45) is 1.58. The SMILES string of the molecule is CO[C@H]1C(=O)[C@@H](OC(=O)c2ccccc2)[C@H](OCC23CC4C(C)CCC4C4(C=O)CC2C=C(C(C)C)C43C(=O)O)O[C@@H]1C. The highest BCUT2D eigenvalue weighted by molar-refractivity contribution is 5.95. The third kappa shape index (κ3) is 3.93. The summed E-state index contributed by atoms with van der Waals surface area (Å²) in [6, 6.07) is 8.35. The maximum Gasteiger partial charge on any atom is 0.339 e. The van der Waals surface area contributed by atoms with Crippen molar-refractivity contribution in [2.45, 2.75) is 78.0 Å². The largest absolute Gasteiger partial charge is 0.481 e. The predicted molar refractivity (Wildman–Crippen MR) is 154 cm³/mol. The number of aliphatic carboxylic acids is 1. The number of hydrogen-bond acceptors (Lipinski definition) is 8. The average molecular weight is 595 g/mol. The minimum absolute atomic E-state index is 0.00811. The van der Waals surface area contributed by atoms with Gasteiger partial charge < -0.3 is 28.8 Å². The number of carboxylic acid groups (broad SMARTS) is 1. The number of rotatable bonds is 9. The average Bonchev–Trinajstić information content (AvgIpc) is 3.56. The van der Waals surface area contributed by atoms with Crippen molar-refractivity contribution in [2.24, 2.45) is 45.8 Å². The smallest absolute Gasteiger partial charge is 0.339 e. The van der Waals surface area contributed by atoms with Gasteiger partial charge >= 0.3 is 11.9 Å². The minimum Gasteiger partial charge on any atom is -0.481 e. The van der Waals surface area contributed by atoms with Gasteiger partial charge in [-0.05, 0) is 67.9 Å². The van der Waals surface area contributed by atoms with Crippen molar-refractivity contribution < 1.29 is 43.2 Å². The summed E-state index contributed by atoms with van der Waals surface area (Å²) < 4.78 is 23.8. The van der Waals surface area contributed by atoms with E-state index in [1.165, 1.54) is 7.11 Å². The number of aldehydes is 1. The van der Waals surface area contributed by atoms with E-state index in [2.05, 4.69) is 13.0 Å². The molecule has 4 fully saturated rings. The van der Waals surface area contributed by atoms with Gasteiger partial charge in [-0.25, -0.2) is 4.79 Å². The molecule has 11 atom stereocenters. The molecule has 0 spiro atoms. The van der Waals surface area contributed by atoms with Gasteiger partial charge in [-0.3, -0.25) is 9.59 Å². The Hall–Kier alpha value is -2.88. The number of carboxylic acids is 1. The number of esters is 1. The predicted octanol–water partition coefficient (Wildman–Crippen LogP) is 4.48. The van der Waals surface area contributed by atoms with E-state index >= 15 is 0 Å². The summed E-state index contributed by atoms with van der Waals surface area (Å²) in [7, 11) is 1.39. The Morgan fingerprint density at radius 3 is 2.47 bits per heavy atom. The molecular weight excluding hydrogens is 552 g/mol. The van der Waals surface area contributed by atoms with Crippen LogP contribution in [0.2, 0.25) is 0 Å². The maximum atomic E-state index is 13.7. The van der Waals surface area contributed by atoms with Gasteiger partial charge in [0.25, 0.3) is 0 Å². The second kappa shape index (κ2) is 10.6. The first-order chi connectivity index (χ1) is 20.5. The lowest BCUT2D eigenvalue weighted by Crippen LogP contribution is -2.64. The third-order valence-electron chi connectivity index (χ3n) is 11.7. The fraction of sp³-hybridized carbons (Fsp3) is 0.647. The van der Waals surface area contributed by atoms with Gasteiger partial charge in [0, 0.05) is 12.5 Å². The Morgan fingerprint density at radius 1 is 1.12 bits per heavy atom. The zero-order chi connectivity index (χ0) is 30.9. The van der Waals surface area contributed by atoms with Crippen LogP contribution in [-0.4, -0.2) is 67.4 Å². The number of hydrogen-bond donors (Lipinski definition) is 1. The Balaban J connectivity index is 1.38. The Morgan fingerprint density at radius 2 is 1.84 bits per heavy atom. The molecule has 5 aliphatic rings. The first-order valence-corrected chi connectivity index (χ1v) is 15.5. The van der Waals surface area contributed by atoms with Gasteiger partial charge in [0.2, 0.25) is 18.2 Å². The van der Waals surface area contributed by atoms with E-state index < -0.39 is 58.6 Å². The maximum absolute atomic E-state index is 13.7. The van der Waals surface area contributed by atoms with Crippen LogP contribution in [-0.2, 0) is 33.3 Å². The highest BCUT2D eigenvalue weighted by Gasteiger charge is 2.84. The van der Waals surface area contributed by atoms with E-state index in [0.29, 0.717) is 18.8 Å². The van der Waals surface area contributed by atoms with Crippen molar-refractivity contribution in [3.63, 3.8) is 0 Å². The van der Waals surface area contributed by atoms with Crippen LogP contribution in [0.4, 0.5) is 0 Å². The number of methoxy groups -OCH3 is 1. The molecule has 1 aliphatic heterocycles. The molecule has 4 bridgehead atoms. The van der Waals surface area contributed by atoms with Gasteiger partial charge in [0.1, 0.15) is 17.8 Å². The molecule has 0 radical (unpaired) electrons. The van der Waals surface area contributed by atoms with Crippen LogP contribution in [0.5, 0.6) is 0 Å². The molecule has 1 heterocycles. The monoisotopic (exact) mass is 594 g/mol. The molecule has 7 unspecified atom stereocenters. The van der Waals surface area contributed by atoms with Crippen molar-refractivity contribution in [3.05, 3.63) is 47.5 Å². The molecule has 0 amide bonds. The van der Waals surface area contributed by atoms with Crippen LogP contribution in [0.25, 0.3) is 0 Å². The molecule has 9 heteroatoms. The number of carbonyl (C=O) groups excluding carboxylic acids is 3. The van der Waals surface area contributed by atoms with Gasteiger partial charge in [0.05, 0.1) is 23.7 Å². The standard InChI is InChI=1S/C34H42O9/c1-18(2)25-13-22-14-32(16-35)24-12-11-19(3)23(24)15-33(22,34(25,32)31(38)39)17-41-30-28(26(36)27(40-5)20(4)42-30)43-29(37)21-9-7-6-8-10-21/h6-10,13,16,18-20,22-24,27-28,30H,11-12,14-15,17H2,1-5H3,(H,38,39)/t19?,20-,22?,23?,24?,27-,28-,30-,32?,33?,34?/m1/s1. The fourth-order valence-electron chi connectivity index (χ4n) is 10.1. The van der Waals surface area contributed by atoms with Crippen LogP contribution >= 0.6 is 0 Å². The normalized spacial score (nSPS) is 42.9. The van der Waals surface area contributed by atoms with Crippen LogP contribution in [0.15, 0.2) is 42.0 Å². The second-order valence-corrected chi connectivity index (χ2v) is 13.8. The van der Waals surface area contributed by atoms with Crippen LogP contribution in [0.3, 0.4) is 0 Å². The summed E-state index contributed by atoms with van der Waals surface area (Å²) in [5.41, 5.74) is -2.31. The second-order valence-electron chi connectivity index (χ2n) is 13.8. The van der Waals surface area contributed by atoms with E-state index in [1.807, 2.05) is 13.8 Å². The quantitative estimate of drug-likeness (QED) is 0.250. The first-order valence-electron chi connectivity index (χ1n) is 15.5. The molecule has 4 aliphatic carbocycles. The molecule has 1 saturated heterocycles. The van der Waals surface area contributed by atoms with Crippen molar-refractivity contribution in [1.29, 1.82) is 0 Å². The number of benzene rings is 1. The molecular formula is C34H42O9. The Bertz CT molecular complexity index is 1340. The van der Waals surface area contributed by atoms with Crippen molar-refractivity contribution in [2.75, 3.05) is 13.7 Å². The van der Waals surface area contributed by atoms with Gasteiger partial charge in [0.15, 0.2) is 0 Å². The third-order valence-corrected chi connectivity index (χ3v) is 11.7. The van der Waals surface area contributed by atoms with E-state index in [-0.39, 0.29) is 35.8 Å². The zero-order valence-electron chi connectivity index (χ0n) is 25.5. The summed E-state index contributed by atoms with van der Waals surface area (Å²) in [4.78, 5) is 53.7. The molecule has 1 aromatic carbocycles. The van der Waals surface area contributed by atoms with E-state index in [4.69, 9.17) is 18.9 Å². The minimum atomic E-state index is -1.43. The number of Topliss-reactive ketones (excluding diaryl/α,β-unsaturated/α-hetero) is 1. The number of fused-ring (bicyclic) bond motifs is 2. The lowest BCUT2D eigenvalue weighted by molar-refractivity contribution is -0.265. The molecule has 9 nitrogen and oxygen atoms in total. The van der Waals surface area contributed by atoms with Crippen molar-refractivity contribution in [3.8, 4) is 0 Å². The zero-order valence-corrected chi connectivity index (χ0v) is 25.5. The van der Waals surface area contributed by atoms with Crippen molar-refractivity contribution >= 4 is 24.0 Å². The fourth-order valence-corrected chi connectivity index (χ4v) is 10.1. The highest BCUT2D eigenvalue weighted by Crippen LogP contribution is 2.82. The molecule has 232 valence electrons. The first kappa shape index (κ1) is 30.2. The van der Waals surface area contributed by atoms with Gasteiger partial charge in [-0.15, -0.1) is 0 Å². The molecule has 1 N–H and O–H groups in total. The lowest BCUT2D eigenvalue weighted by atomic mass is 9.43. The Kier molecular flexibility index (Phi) is 7.46.